The summed E-state index contributed by atoms with van der Waals surface area (Å²) in [6.07, 6.45) is 0.139. The van der Waals surface area contributed by atoms with Gasteiger partial charge in [0.1, 0.15) is 16.7 Å². The van der Waals surface area contributed by atoms with Crippen molar-refractivity contribution in [3.63, 3.8) is 0 Å². The Hall–Kier alpha value is -2.09. The van der Waals surface area contributed by atoms with Gasteiger partial charge in [-0.15, -0.1) is 0 Å². The third-order valence-electron chi connectivity index (χ3n) is 3.42. The minimum absolute atomic E-state index is 0.138. The second-order valence-corrected chi connectivity index (χ2v) is 7.41. The zero-order chi connectivity index (χ0) is 18.4. The van der Waals surface area contributed by atoms with E-state index in [1.54, 1.807) is 31.2 Å². The highest BCUT2D eigenvalue weighted by Crippen LogP contribution is 2.27. The Kier molecular flexibility index (Phi) is 6.41. The molecule has 8 heteroatoms. The van der Waals surface area contributed by atoms with E-state index in [1.165, 1.54) is 18.2 Å². The predicted octanol–water partition coefficient (Wildman–Crippen LogP) is 2.11. The average Bonchev–Trinajstić information content (AvgIpc) is 2.56. The smallest absolute Gasteiger partial charge is 0.245 e. The largest absolute Gasteiger partial charge is 0.492 e. The Labute approximate surface area is 152 Å². The monoisotopic (exact) mass is 382 g/mol. The molecule has 0 saturated heterocycles. The van der Waals surface area contributed by atoms with Gasteiger partial charge in [-0.1, -0.05) is 41.9 Å². The van der Waals surface area contributed by atoms with Crippen molar-refractivity contribution in [2.75, 3.05) is 6.61 Å². The highest BCUT2D eigenvalue weighted by atomic mass is 35.5. The van der Waals surface area contributed by atoms with Crippen LogP contribution in [0.25, 0.3) is 0 Å². The molecule has 3 N–H and O–H groups in total. The minimum atomic E-state index is -4.06. The van der Waals surface area contributed by atoms with Crippen LogP contribution in [0.15, 0.2) is 53.4 Å². The number of hydrogen-bond acceptors (Lipinski definition) is 4. The van der Waals surface area contributed by atoms with E-state index in [1.807, 2.05) is 6.07 Å². The van der Waals surface area contributed by atoms with E-state index in [2.05, 4.69) is 4.72 Å². The summed E-state index contributed by atoms with van der Waals surface area (Å²) >= 11 is 5.91. The molecule has 0 spiro atoms. The predicted molar refractivity (Wildman–Crippen MR) is 96.1 cm³/mol. The van der Waals surface area contributed by atoms with Gasteiger partial charge in [-0.25, -0.2) is 8.42 Å². The Morgan fingerprint density at radius 2 is 1.92 bits per heavy atom. The van der Waals surface area contributed by atoms with Crippen LogP contribution >= 0.6 is 11.6 Å². The van der Waals surface area contributed by atoms with Gasteiger partial charge in [-0.3, -0.25) is 4.79 Å². The molecule has 1 unspecified atom stereocenters. The van der Waals surface area contributed by atoms with Crippen LogP contribution in [0.2, 0.25) is 5.02 Å². The van der Waals surface area contributed by atoms with Crippen molar-refractivity contribution in [1.82, 2.24) is 4.72 Å². The van der Waals surface area contributed by atoms with Crippen molar-refractivity contribution in [2.24, 2.45) is 5.73 Å². The lowest BCUT2D eigenvalue weighted by molar-refractivity contribution is -0.119. The second kappa shape index (κ2) is 8.33. The molecular weight excluding hydrogens is 364 g/mol. The van der Waals surface area contributed by atoms with Gasteiger partial charge < -0.3 is 10.5 Å². The Balaban J connectivity index is 2.32. The lowest BCUT2D eigenvalue weighted by Gasteiger charge is -2.17. The van der Waals surface area contributed by atoms with E-state index in [-0.39, 0.29) is 28.7 Å². The van der Waals surface area contributed by atoms with E-state index in [4.69, 9.17) is 22.1 Å². The Bertz CT molecular complexity index is 841. The van der Waals surface area contributed by atoms with Crippen molar-refractivity contribution < 1.29 is 17.9 Å². The van der Waals surface area contributed by atoms with Gasteiger partial charge in [0.05, 0.1) is 6.61 Å². The van der Waals surface area contributed by atoms with E-state index in [0.717, 1.165) is 5.56 Å². The number of rotatable bonds is 8. The summed E-state index contributed by atoms with van der Waals surface area (Å²) < 4.78 is 33.1. The third kappa shape index (κ3) is 5.19. The second-order valence-electron chi connectivity index (χ2n) is 5.29. The Morgan fingerprint density at radius 3 is 2.52 bits per heavy atom. The van der Waals surface area contributed by atoms with Crippen molar-refractivity contribution >= 4 is 27.5 Å². The first-order valence-electron chi connectivity index (χ1n) is 7.61. The van der Waals surface area contributed by atoms with Crippen molar-refractivity contribution in [3.05, 3.63) is 59.1 Å². The zero-order valence-corrected chi connectivity index (χ0v) is 15.2. The molecule has 0 fully saturated rings. The normalized spacial score (nSPS) is 12.6. The van der Waals surface area contributed by atoms with E-state index in [9.17, 15) is 13.2 Å². The van der Waals surface area contributed by atoms with Gasteiger partial charge in [-0.05, 0) is 37.1 Å². The molecular formula is C17H19ClN2O4S. The highest BCUT2D eigenvalue weighted by molar-refractivity contribution is 7.89. The first kappa shape index (κ1) is 19.2. The molecule has 6 nitrogen and oxygen atoms in total. The molecule has 1 amide bonds. The summed E-state index contributed by atoms with van der Waals surface area (Å²) in [5.41, 5.74) is 6.16. The maximum absolute atomic E-state index is 12.7. The number of hydrogen-bond donors (Lipinski definition) is 2. The molecule has 2 rings (SSSR count). The SMILES string of the molecule is CCOc1ccc(Cl)cc1S(=O)(=O)NC(Cc1ccccc1)C(N)=O. The Morgan fingerprint density at radius 1 is 1.24 bits per heavy atom. The van der Waals surface area contributed by atoms with Crippen LogP contribution in [0.1, 0.15) is 12.5 Å². The first-order valence-corrected chi connectivity index (χ1v) is 9.47. The van der Waals surface area contributed by atoms with Crippen LogP contribution in [-0.4, -0.2) is 27.0 Å². The fourth-order valence-electron chi connectivity index (χ4n) is 2.27. The number of nitrogens with one attached hydrogen (secondary N) is 1. The molecule has 0 aliphatic heterocycles. The zero-order valence-electron chi connectivity index (χ0n) is 13.6. The summed E-state index contributed by atoms with van der Waals surface area (Å²) in [6.45, 7) is 2.02. The maximum atomic E-state index is 12.7. The molecule has 0 radical (unpaired) electrons. The average molecular weight is 383 g/mol. The molecule has 0 aliphatic carbocycles. The van der Waals surface area contributed by atoms with Gasteiger partial charge in [-0.2, -0.15) is 4.72 Å². The third-order valence-corrected chi connectivity index (χ3v) is 5.15. The van der Waals surface area contributed by atoms with E-state index >= 15 is 0 Å². The molecule has 0 aliphatic rings. The molecule has 0 aromatic heterocycles. The van der Waals surface area contributed by atoms with Crippen LogP contribution < -0.4 is 15.2 Å². The summed E-state index contributed by atoms with van der Waals surface area (Å²) in [7, 11) is -4.06. The number of halogens is 1. The number of benzene rings is 2. The fraction of sp³-hybridized carbons (Fsp3) is 0.235. The first-order chi connectivity index (χ1) is 11.8. The van der Waals surface area contributed by atoms with Crippen LogP contribution in [0.5, 0.6) is 5.75 Å². The molecule has 0 heterocycles. The van der Waals surface area contributed by atoms with Crippen molar-refractivity contribution in [3.8, 4) is 5.75 Å². The van der Waals surface area contributed by atoms with Crippen LogP contribution in [0.3, 0.4) is 0 Å². The van der Waals surface area contributed by atoms with Gasteiger partial charge in [0, 0.05) is 5.02 Å². The van der Waals surface area contributed by atoms with Crippen LogP contribution in [0.4, 0.5) is 0 Å². The number of sulfonamides is 1. The molecule has 1 atom stereocenters. The quantitative estimate of drug-likeness (QED) is 0.730. The lowest BCUT2D eigenvalue weighted by Crippen LogP contribution is -2.45. The minimum Gasteiger partial charge on any atom is -0.492 e. The van der Waals surface area contributed by atoms with Crippen LogP contribution in [-0.2, 0) is 21.2 Å². The van der Waals surface area contributed by atoms with Gasteiger partial charge in [0.15, 0.2) is 0 Å². The maximum Gasteiger partial charge on any atom is 0.245 e. The van der Waals surface area contributed by atoms with Gasteiger partial charge >= 0.3 is 0 Å². The number of primary amides is 1. The summed E-state index contributed by atoms with van der Waals surface area (Å²) in [5.74, 6) is -0.616. The van der Waals surface area contributed by atoms with E-state index < -0.39 is 22.0 Å². The lowest BCUT2D eigenvalue weighted by atomic mass is 10.1. The highest BCUT2D eigenvalue weighted by Gasteiger charge is 2.27. The molecule has 0 bridgehead atoms. The van der Waals surface area contributed by atoms with Crippen LogP contribution in [0, 0.1) is 0 Å². The number of nitrogens with two attached hydrogens (primary N) is 1. The van der Waals surface area contributed by atoms with Crippen molar-refractivity contribution in [2.45, 2.75) is 24.3 Å². The summed E-state index contributed by atoms with van der Waals surface area (Å²) in [5, 5.41) is 0.238. The molecule has 2 aromatic rings. The van der Waals surface area contributed by atoms with Gasteiger partial charge in [0.25, 0.3) is 0 Å². The number of carbonyl (C=O) groups excluding carboxylic acids is 1. The number of ether oxygens (including phenoxy) is 1. The number of amides is 1. The fourth-order valence-corrected chi connectivity index (χ4v) is 3.88. The molecule has 2 aromatic carbocycles. The topological polar surface area (TPSA) is 98.5 Å². The number of carbonyl (C=O) groups is 1. The standard InChI is InChI=1S/C17H19ClN2O4S/c1-2-24-15-9-8-13(18)11-16(15)25(22,23)20-14(17(19)21)10-12-6-4-3-5-7-12/h3-9,11,14,20H,2,10H2,1H3,(H2,19,21). The van der Waals surface area contributed by atoms with E-state index in [0.29, 0.717) is 0 Å². The van der Waals surface area contributed by atoms with Crippen molar-refractivity contribution in [1.29, 1.82) is 0 Å². The summed E-state index contributed by atoms with van der Waals surface area (Å²) in [4.78, 5) is 11.6. The molecule has 134 valence electrons. The molecule has 0 saturated carbocycles. The van der Waals surface area contributed by atoms with Gasteiger partial charge in [0.2, 0.25) is 15.9 Å². The molecule has 25 heavy (non-hydrogen) atoms. The summed E-state index contributed by atoms with van der Waals surface area (Å²) in [6, 6.07) is 12.2.